The van der Waals surface area contributed by atoms with Crippen LogP contribution in [0.15, 0.2) is 113 Å². The maximum atomic E-state index is 5.40. The summed E-state index contributed by atoms with van der Waals surface area (Å²) in [5.74, 6) is 0. The molecule has 2 atom stereocenters. The summed E-state index contributed by atoms with van der Waals surface area (Å²) in [6, 6.07) is 36.1. The minimum atomic E-state index is -0.138. The van der Waals surface area contributed by atoms with Gasteiger partial charge in [0.1, 0.15) is 18.0 Å². The molecule has 9 rings (SSSR count). The second-order valence-electron chi connectivity index (χ2n) is 10.0. The average Bonchev–Trinajstić information content (AvgIpc) is 3.71. The van der Waals surface area contributed by atoms with Crippen molar-refractivity contribution in [3.63, 3.8) is 0 Å². The Labute approximate surface area is 216 Å². The van der Waals surface area contributed by atoms with Gasteiger partial charge in [-0.1, -0.05) is 72.8 Å². The fourth-order valence-corrected chi connectivity index (χ4v) is 6.29. The largest absolute Gasteiger partial charge is 0.313 e. The topological polar surface area (TPSA) is 47.5 Å². The van der Waals surface area contributed by atoms with Crippen LogP contribution in [0.5, 0.6) is 0 Å². The van der Waals surface area contributed by atoms with Gasteiger partial charge in [0.15, 0.2) is 0 Å². The molecule has 0 N–H and O–H groups in total. The second kappa shape index (κ2) is 7.26. The van der Waals surface area contributed by atoms with Crippen molar-refractivity contribution < 1.29 is 0 Å². The molecule has 0 spiro atoms. The summed E-state index contributed by atoms with van der Waals surface area (Å²) in [4.78, 5) is 15.6. The number of hydrogen-bond acceptors (Lipinski definition) is 3. The van der Waals surface area contributed by atoms with E-state index in [0.717, 1.165) is 49.2 Å². The Morgan fingerprint density at radius 3 is 1.74 bits per heavy atom. The van der Waals surface area contributed by atoms with Crippen LogP contribution in [0.1, 0.15) is 12.3 Å². The zero-order chi connectivity index (χ0) is 24.8. The lowest BCUT2D eigenvalue weighted by Gasteiger charge is -2.12. The molecule has 5 heteroatoms. The molecule has 178 valence electrons. The number of hydrogen-bond donors (Lipinski definition) is 0. The van der Waals surface area contributed by atoms with Gasteiger partial charge in [-0.2, -0.15) is 0 Å². The van der Waals surface area contributed by atoms with Crippen LogP contribution >= 0.6 is 0 Å². The fourth-order valence-electron chi connectivity index (χ4n) is 6.29. The molecule has 3 aromatic heterocycles. The highest BCUT2D eigenvalue weighted by atomic mass is 15.2. The maximum absolute atomic E-state index is 5.40. The van der Waals surface area contributed by atoms with Gasteiger partial charge in [-0.15, -0.1) is 0 Å². The highest BCUT2D eigenvalue weighted by Gasteiger charge is 2.24. The number of nitrogens with zero attached hydrogens (tertiary/aromatic N) is 5. The van der Waals surface area contributed by atoms with Crippen LogP contribution in [0.2, 0.25) is 0 Å². The van der Waals surface area contributed by atoms with Gasteiger partial charge in [0, 0.05) is 16.2 Å². The normalized spacial score (nSPS) is 17.8. The average molecular weight is 488 g/mol. The highest BCUT2D eigenvalue weighted by molar-refractivity contribution is 6.15. The third kappa shape index (κ3) is 2.62. The van der Waals surface area contributed by atoms with Gasteiger partial charge in [-0.25, -0.2) is 4.98 Å². The van der Waals surface area contributed by atoms with Gasteiger partial charge in [0.25, 0.3) is 0 Å². The van der Waals surface area contributed by atoms with Gasteiger partial charge >= 0.3 is 0 Å². The summed E-state index contributed by atoms with van der Waals surface area (Å²) in [5.41, 5.74) is 5.32. The quantitative estimate of drug-likeness (QED) is 0.354. The zero-order valence-corrected chi connectivity index (χ0v) is 20.4. The summed E-state index contributed by atoms with van der Waals surface area (Å²) in [5, 5.41) is 7.85. The summed E-state index contributed by atoms with van der Waals surface area (Å²) in [7, 11) is 0. The van der Waals surface area contributed by atoms with E-state index in [2.05, 4.69) is 112 Å². The van der Waals surface area contributed by atoms with Gasteiger partial charge < -0.3 is 4.57 Å². The van der Waals surface area contributed by atoms with E-state index in [1.165, 1.54) is 15.8 Å². The van der Waals surface area contributed by atoms with E-state index in [-0.39, 0.29) is 12.3 Å². The number of benzene rings is 4. The zero-order valence-electron chi connectivity index (χ0n) is 20.4. The molecule has 0 bridgehead atoms. The van der Waals surface area contributed by atoms with Gasteiger partial charge in [0.2, 0.25) is 0 Å². The molecule has 0 aliphatic carbocycles. The standard InChI is InChI=1S/C33H21N5/c1-5-13-25-20(9-1)17-30(34-25)37-28-16-8-4-12-23(28)32-29(37)19-24-22-11-3-7-15-27(22)38(33(24)36-32)31-18-21-10-2-6-14-26(21)35-31/h1-19,30-31H. The molecule has 0 amide bonds. The fraction of sp³-hybridized carbons (Fsp3) is 0.0606. The Kier molecular flexibility index (Phi) is 3.84. The van der Waals surface area contributed by atoms with Crippen molar-refractivity contribution in [2.45, 2.75) is 12.3 Å². The lowest BCUT2D eigenvalue weighted by Crippen LogP contribution is -2.19. The SMILES string of the molecule is C1=c2ccccc2=NC1n1c2ccccc2c2nc3c(cc21)c1ccccc1n3C1C=c2ccccc2=N1. The van der Waals surface area contributed by atoms with E-state index in [1.807, 2.05) is 12.1 Å². The first-order valence-electron chi connectivity index (χ1n) is 13.0. The van der Waals surface area contributed by atoms with Crippen LogP contribution in [-0.2, 0) is 0 Å². The van der Waals surface area contributed by atoms with Crippen molar-refractivity contribution >= 4 is 56.0 Å². The first-order valence-corrected chi connectivity index (χ1v) is 13.0. The van der Waals surface area contributed by atoms with E-state index < -0.39 is 0 Å². The molecule has 5 nitrogen and oxygen atoms in total. The molecule has 0 fully saturated rings. The molecule has 0 radical (unpaired) electrons. The van der Waals surface area contributed by atoms with Gasteiger partial charge in [-0.05, 0) is 52.9 Å². The van der Waals surface area contributed by atoms with E-state index >= 15 is 0 Å². The number of aromatic nitrogens is 3. The predicted octanol–water partition coefficient (Wildman–Crippen LogP) is 4.52. The number of fused-ring (bicyclic) bond motifs is 8. The third-order valence-corrected chi connectivity index (χ3v) is 7.95. The van der Waals surface area contributed by atoms with Gasteiger partial charge in [-0.3, -0.25) is 14.6 Å². The molecular weight excluding hydrogens is 466 g/mol. The Morgan fingerprint density at radius 1 is 0.500 bits per heavy atom. The molecule has 5 heterocycles. The molecule has 2 aliphatic heterocycles. The molecule has 2 unspecified atom stereocenters. The van der Waals surface area contributed by atoms with E-state index in [9.17, 15) is 0 Å². The summed E-state index contributed by atoms with van der Waals surface area (Å²) >= 11 is 0. The van der Waals surface area contributed by atoms with Crippen molar-refractivity contribution in [1.82, 2.24) is 14.1 Å². The number of rotatable bonds is 2. The summed E-state index contributed by atoms with van der Waals surface area (Å²) < 4.78 is 4.63. The summed E-state index contributed by atoms with van der Waals surface area (Å²) in [6.07, 6.45) is 4.23. The van der Waals surface area contributed by atoms with Crippen LogP contribution in [0.4, 0.5) is 0 Å². The van der Waals surface area contributed by atoms with Crippen LogP contribution in [0.25, 0.3) is 56.0 Å². The minimum Gasteiger partial charge on any atom is -0.313 e. The van der Waals surface area contributed by atoms with Crippen LogP contribution in [0, 0.1) is 0 Å². The number of para-hydroxylation sites is 4. The molecular formula is C33H21N5. The smallest absolute Gasteiger partial charge is 0.147 e. The van der Waals surface area contributed by atoms with Gasteiger partial charge in [0.05, 0.1) is 32.8 Å². The highest BCUT2D eigenvalue weighted by Crippen LogP contribution is 2.38. The molecule has 2 aliphatic rings. The van der Waals surface area contributed by atoms with E-state index in [0.29, 0.717) is 0 Å². The molecule has 4 aromatic carbocycles. The monoisotopic (exact) mass is 487 g/mol. The van der Waals surface area contributed by atoms with Crippen LogP contribution < -0.4 is 21.2 Å². The molecule has 0 saturated carbocycles. The number of pyridine rings is 1. The first kappa shape index (κ1) is 20.1. The molecule has 38 heavy (non-hydrogen) atoms. The third-order valence-electron chi connectivity index (χ3n) is 7.95. The Morgan fingerprint density at radius 2 is 1.05 bits per heavy atom. The Balaban J connectivity index is 1.40. The second-order valence-corrected chi connectivity index (χ2v) is 10.0. The first-order chi connectivity index (χ1) is 18.8. The predicted molar refractivity (Wildman–Crippen MR) is 152 cm³/mol. The van der Waals surface area contributed by atoms with Crippen molar-refractivity contribution in [3.05, 3.63) is 124 Å². The lowest BCUT2D eigenvalue weighted by molar-refractivity contribution is 0.700. The van der Waals surface area contributed by atoms with Crippen LogP contribution in [0.3, 0.4) is 0 Å². The Bertz CT molecular complexity index is 2140. The Hall–Kier alpha value is -5.03. The lowest BCUT2D eigenvalue weighted by atomic mass is 10.2. The molecule has 7 aromatic rings. The summed E-state index contributed by atoms with van der Waals surface area (Å²) in [6.45, 7) is 0. The minimum absolute atomic E-state index is 0.116. The van der Waals surface area contributed by atoms with Crippen molar-refractivity contribution in [2.24, 2.45) is 9.98 Å². The van der Waals surface area contributed by atoms with E-state index in [1.54, 1.807) is 0 Å². The van der Waals surface area contributed by atoms with Crippen molar-refractivity contribution in [2.75, 3.05) is 0 Å². The molecule has 0 saturated heterocycles. The van der Waals surface area contributed by atoms with E-state index in [4.69, 9.17) is 15.0 Å². The maximum Gasteiger partial charge on any atom is 0.147 e. The van der Waals surface area contributed by atoms with Crippen molar-refractivity contribution in [3.8, 4) is 0 Å². The van der Waals surface area contributed by atoms with Crippen LogP contribution in [-0.4, -0.2) is 14.1 Å². The van der Waals surface area contributed by atoms with Crippen molar-refractivity contribution in [1.29, 1.82) is 0 Å².